The molecule has 0 spiro atoms. The molecule has 26 heavy (non-hydrogen) atoms. The lowest BCUT2D eigenvalue weighted by Crippen LogP contribution is -2.10. The smallest absolute Gasteiger partial charge is 0.379 e. The van der Waals surface area contributed by atoms with Crippen LogP contribution < -0.4 is 4.74 Å². The molecule has 0 N–H and O–H groups in total. The molecule has 0 amide bonds. The van der Waals surface area contributed by atoms with E-state index in [1.165, 1.54) is 18.4 Å². The van der Waals surface area contributed by atoms with E-state index in [-0.39, 0.29) is 22.9 Å². The zero-order chi connectivity index (χ0) is 18.5. The second-order valence-electron chi connectivity index (χ2n) is 5.59. The number of ether oxygens (including phenoxy) is 1. The second kappa shape index (κ2) is 7.85. The van der Waals surface area contributed by atoms with Crippen LogP contribution in [0.3, 0.4) is 0 Å². The van der Waals surface area contributed by atoms with E-state index in [1.807, 2.05) is 19.1 Å². The molecule has 130 valence electrons. The van der Waals surface area contributed by atoms with Gasteiger partial charge in [-0.15, -0.1) is 0 Å². The highest BCUT2D eigenvalue weighted by molar-refractivity contribution is 6.32. The summed E-state index contributed by atoms with van der Waals surface area (Å²) in [5.41, 5.74) is 1.88. The molecule has 5 heteroatoms. The summed E-state index contributed by atoms with van der Waals surface area (Å²) in [5, 5.41) is 0.547. The Hall–Kier alpha value is -3.11. The summed E-state index contributed by atoms with van der Waals surface area (Å²) in [7, 11) is 0. The Labute approximate surface area is 155 Å². The van der Waals surface area contributed by atoms with Crippen molar-refractivity contribution in [3.8, 4) is 5.75 Å². The molecule has 0 radical (unpaired) electrons. The molecule has 0 saturated heterocycles. The topological polar surface area (TPSA) is 56.5 Å². The summed E-state index contributed by atoms with van der Waals surface area (Å²) in [6, 6.07) is 15.3. The van der Waals surface area contributed by atoms with Crippen LogP contribution in [0.2, 0.25) is 5.02 Å². The monoisotopic (exact) mass is 366 g/mol. The minimum Gasteiger partial charge on any atom is -0.457 e. The van der Waals surface area contributed by atoms with Gasteiger partial charge in [-0.1, -0.05) is 41.4 Å². The average molecular weight is 367 g/mol. The molecule has 4 nitrogen and oxygen atoms in total. The van der Waals surface area contributed by atoms with Crippen LogP contribution in [0, 0.1) is 6.92 Å². The lowest BCUT2D eigenvalue weighted by molar-refractivity contribution is 0.0699. The second-order valence-corrected chi connectivity index (χ2v) is 5.99. The van der Waals surface area contributed by atoms with Crippen LogP contribution in [0.15, 0.2) is 71.4 Å². The van der Waals surface area contributed by atoms with E-state index in [1.54, 1.807) is 42.5 Å². The third kappa shape index (κ3) is 4.10. The number of rotatable bonds is 5. The van der Waals surface area contributed by atoms with Gasteiger partial charge in [-0.2, -0.15) is 0 Å². The number of benzene rings is 2. The fourth-order valence-electron chi connectivity index (χ4n) is 2.34. The molecule has 0 fully saturated rings. The number of hydrogen-bond acceptors (Lipinski definition) is 4. The van der Waals surface area contributed by atoms with E-state index in [9.17, 15) is 9.59 Å². The summed E-state index contributed by atoms with van der Waals surface area (Å²) < 4.78 is 10.4. The van der Waals surface area contributed by atoms with Gasteiger partial charge in [-0.25, -0.2) is 4.79 Å². The van der Waals surface area contributed by atoms with Gasteiger partial charge in [-0.05, 0) is 55.0 Å². The van der Waals surface area contributed by atoms with Gasteiger partial charge in [0.05, 0.1) is 11.8 Å². The predicted molar refractivity (Wildman–Crippen MR) is 99.7 cm³/mol. The van der Waals surface area contributed by atoms with Crippen molar-refractivity contribution < 1.29 is 18.7 Å². The van der Waals surface area contributed by atoms with Crippen LogP contribution in [0.1, 0.15) is 32.0 Å². The number of furan rings is 1. The molecule has 0 saturated carbocycles. The quantitative estimate of drug-likeness (QED) is 0.264. The zero-order valence-corrected chi connectivity index (χ0v) is 14.7. The van der Waals surface area contributed by atoms with E-state index in [4.69, 9.17) is 20.8 Å². The van der Waals surface area contributed by atoms with Crippen LogP contribution in [0.5, 0.6) is 5.75 Å². The van der Waals surface area contributed by atoms with Crippen molar-refractivity contribution in [3.05, 3.63) is 94.4 Å². The van der Waals surface area contributed by atoms with Gasteiger partial charge in [0.15, 0.2) is 5.78 Å². The molecule has 0 bridgehead atoms. The van der Waals surface area contributed by atoms with Gasteiger partial charge < -0.3 is 9.15 Å². The number of carbonyl (C=O) groups is 2. The third-order valence-corrected chi connectivity index (χ3v) is 3.99. The predicted octanol–water partition coefficient (Wildman–Crippen LogP) is 5.36. The summed E-state index contributed by atoms with van der Waals surface area (Å²) in [5.74, 6) is -0.722. The lowest BCUT2D eigenvalue weighted by Gasteiger charge is -2.08. The van der Waals surface area contributed by atoms with Crippen molar-refractivity contribution in [3.63, 3.8) is 0 Å². The SMILES string of the molecule is Cc1ccc(OC(=O)c2ccco2)c(C(=O)C=Cc2ccccc2Cl)c1. The number of hydrogen-bond donors (Lipinski definition) is 0. The van der Waals surface area contributed by atoms with Crippen molar-refractivity contribution in [1.29, 1.82) is 0 Å². The first-order valence-corrected chi connectivity index (χ1v) is 8.25. The molecule has 1 heterocycles. The van der Waals surface area contributed by atoms with Crippen LogP contribution in [0.25, 0.3) is 6.08 Å². The third-order valence-electron chi connectivity index (χ3n) is 3.65. The Morgan fingerprint density at radius 1 is 1.08 bits per heavy atom. The zero-order valence-electron chi connectivity index (χ0n) is 13.9. The fourth-order valence-corrected chi connectivity index (χ4v) is 2.53. The molecular weight excluding hydrogens is 352 g/mol. The number of halogens is 1. The standard InChI is InChI=1S/C21H15ClO4/c1-14-8-11-19(26-21(24)20-7-4-12-25-20)16(13-14)18(23)10-9-15-5-2-3-6-17(15)22/h2-13H,1H3. The first-order chi connectivity index (χ1) is 12.5. The molecule has 2 aromatic carbocycles. The number of aryl methyl sites for hydroxylation is 1. The normalized spacial score (nSPS) is 10.8. The van der Waals surface area contributed by atoms with E-state index >= 15 is 0 Å². The average Bonchev–Trinajstić information content (AvgIpc) is 3.17. The van der Waals surface area contributed by atoms with Gasteiger partial charge >= 0.3 is 5.97 Å². The minimum atomic E-state index is -0.664. The van der Waals surface area contributed by atoms with Crippen molar-refractivity contribution in [2.24, 2.45) is 0 Å². The Bertz CT molecular complexity index is 971. The first-order valence-electron chi connectivity index (χ1n) is 7.88. The Kier molecular flexibility index (Phi) is 5.34. The lowest BCUT2D eigenvalue weighted by atomic mass is 10.1. The molecule has 0 aliphatic carbocycles. The summed E-state index contributed by atoms with van der Waals surface area (Å²) >= 11 is 6.09. The molecule has 0 aliphatic heterocycles. The maximum Gasteiger partial charge on any atom is 0.379 e. The molecular formula is C21H15ClO4. The maximum atomic E-state index is 12.6. The number of allylic oxidation sites excluding steroid dienone is 1. The van der Waals surface area contributed by atoms with Gasteiger partial charge in [0.1, 0.15) is 5.75 Å². The van der Waals surface area contributed by atoms with Gasteiger partial charge in [-0.3, -0.25) is 4.79 Å². The first kappa shape index (κ1) is 17.7. The summed E-state index contributed by atoms with van der Waals surface area (Å²) in [4.78, 5) is 24.7. The van der Waals surface area contributed by atoms with Crippen molar-refractivity contribution in [1.82, 2.24) is 0 Å². The van der Waals surface area contributed by atoms with Gasteiger partial charge in [0.25, 0.3) is 0 Å². The summed E-state index contributed by atoms with van der Waals surface area (Å²) in [6.07, 6.45) is 4.41. The van der Waals surface area contributed by atoms with E-state index in [0.717, 1.165) is 11.1 Å². The summed E-state index contributed by atoms with van der Waals surface area (Å²) in [6.45, 7) is 1.85. The highest BCUT2D eigenvalue weighted by Crippen LogP contribution is 2.23. The van der Waals surface area contributed by atoms with Gasteiger partial charge in [0.2, 0.25) is 5.76 Å². The van der Waals surface area contributed by atoms with Crippen LogP contribution >= 0.6 is 11.6 Å². The molecule has 0 unspecified atom stereocenters. The Balaban J connectivity index is 1.86. The van der Waals surface area contributed by atoms with Crippen LogP contribution in [-0.4, -0.2) is 11.8 Å². The number of esters is 1. The minimum absolute atomic E-state index is 0.0654. The largest absolute Gasteiger partial charge is 0.457 e. The van der Waals surface area contributed by atoms with E-state index < -0.39 is 5.97 Å². The molecule has 1 aromatic heterocycles. The van der Waals surface area contributed by atoms with Crippen molar-refractivity contribution in [2.75, 3.05) is 0 Å². The van der Waals surface area contributed by atoms with Crippen molar-refractivity contribution >= 4 is 29.4 Å². The maximum absolute atomic E-state index is 12.6. The highest BCUT2D eigenvalue weighted by atomic mass is 35.5. The Morgan fingerprint density at radius 3 is 2.62 bits per heavy atom. The van der Waals surface area contributed by atoms with E-state index in [2.05, 4.69) is 0 Å². The molecule has 0 atom stereocenters. The van der Waals surface area contributed by atoms with Gasteiger partial charge in [0, 0.05) is 5.02 Å². The van der Waals surface area contributed by atoms with Crippen LogP contribution in [-0.2, 0) is 0 Å². The number of ketones is 1. The Morgan fingerprint density at radius 2 is 1.88 bits per heavy atom. The van der Waals surface area contributed by atoms with Crippen molar-refractivity contribution in [2.45, 2.75) is 6.92 Å². The molecule has 0 aliphatic rings. The van der Waals surface area contributed by atoms with E-state index in [0.29, 0.717) is 5.02 Å². The fraction of sp³-hybridized carbons (Fsp3) is 0.0476. The van der Waals surface area contributed by atoms with Crippen LogP contribution in [0.4, 0.5) is 0 Å². The highest BCUT2D eigenvalue weighted by Gasteiger charge is 2.17. The molecule has 3 rings (SSSR count). The number of carbonyl (C=O) groups excluding carboxylic acids is 2. The molecule has 3 aromatic rings.